The van der Waals surface area contributed by atoms with Gasteiger partial charge in [0, 0.05) is 17.6 Å². The number of carbonyl (C=O) groups is 1. The molecule has 2 rings (SSSR count). The first kappa shape index (κ1) is 18.0. The van der Waals surface area contributed by atoms with E-state index in [4.69, 9.17) is 11.6 Å². The number of carbonyl (C=O) groups excluding carboxylic acids is 1. The lowest BCUT2D eigenvalue weighted by Crippen LogP contribution is -2.32. The predicted molar refractivity (Wildman–Crippen MR) is 95.9 cm³/mol. The number of nitrogens with zero attached hydrogens (tertiary/aromatic N) is 1. The number of nitrogens with one attached hydrogen (secondary N) is 3. The van der Waals surface area contributed by atoms with E-state index in [1.807, 2.05) is 0 Å². The van der Waals surface area contributed by atoms with Crippen molar-refractivity contribution in [2.75, 3.05) is 21.6 Å². The van der Waals surface area contributed by atoms with Crippen molar-refractivity contribution >= 4 is 44.7 Å². The molecule has 1 aromatic carbocycles. The number of halogens is 1. The van der Waals surface area contributed by atoms with Gasteiger partial charge in [-0.2, -0.15) is 0 Å². The van der Waals surface area contributed by atoms with Gasteiger partial charge in [0.1, 0.15) is 11.9 Å². The van der Waals surface area contributed by atoms with Crippen LogP contribution in [0.4, 0.5) is 17.2 Å². The van der Waals surface area contributed by atoms with Crippen LogP contribution in [0.5, 0.6) is 0 Å². The minimum atomic E-state index is -3.32. The second-order valence-corrected chi connectivity index (χ2v) is 7.35. The Bertz CT molecular complexity index is 808. The van der Waals surface area contributed by atoms with E-state index >= 15 is 0 Å². The zero-order chi connectivity index (χ0) is 17.7. The number of aromatic nitrogens is 1. The van der Waals surface area contributed by atoms with Crippen LogP contribution < -0.4 is 15.4 Å². The Morgan fingerprint density at radius 3 is 2.29 bits per heavy atom. The molecule has 0 aliphatic carbocycles. The van der Waals surface area contributed by atoms with Crippen LogP contribution in [0.1, 0.15) is 6.92 Å². The van der Waals surface area contributed by atoms with Gasteiger partial charge >= 0.3 is 0 Å². The summed E-state index contributed by atoms with van der Waals surface area (Å²) in [6.45, 7) is 1.70. The molecule has 128 valence electrons. The van der Waals surface area contributed by atoms with Gasteiger partial charge in [0.05, 0.1) is 11.3 Å². The molecule has 1 heterocycles. The molecule has 0 spiro atoms. The fraction of sp³-hybridized carbons (Fsp3) is 0.200. The lowest BCUT2D eigenvalue weighted by Gasteiger charge is -2.15. The highest BCUT2D eigenvalue weighted by Crippen LogP contribution is 2.16. The second-order valence-electron chi connectivity index (χ2n) is 5.17. The smallest absolute Gasteiger partial charge is 0.247 e. The number of rotatable bonds is 6. The largest absolute Gasteiger partial charge is 0.374 e. The van der Waals surface area contributed by atoms with Crippen molar-refractivity contribution in [1.82, 2.24) is 4.98 Å². The standard InChI is InChI=1S/C15H17ClN4O3S/c1-10(15(21)19-14-8-3-11(16)9-17-14)18-12-4-6-13(7-5-12)20-24(2,22)23/h3-10,18,20H,1-2H3,(H,17,19,21)/t10-/m1/s1. The van der Waals surface area contributed by atoms with Gasteiger partial charge in [-0.25, -0.2) is 13.4 Å². The predicted octanol–water partition coefficient (Wildman–Crippen LogP) is 2.55. The first-order chi connectivity index (χ1) is 11.2. The van der Waals surface area contributed by atoms with Gasteiger partial charge in [-0.05, 0) is 43.3 Å². The van der Waals surface area contributed by atoms with Crippen molar-refractivity contribution in [2.24, 2.45) is 0 Å². The molecule has 2 aromatic rings. The summed E-state index contributed by atoms with van der Waals surface area (Å²) < 4.78 is 24.7. The van der Waals surface area contributed by atoms with Crippen molar-refractivity contribution in [1.29, 1.82) is 0 Å². The van der Waals surface area contributed by atoms with Crippen LogP contribution in [-0.4, -0.2) is 31.6 Å². The molecular weight excluding hydrogens is 352 g/mol. The van der Waals surface area contributed by atoms with E-state index in [1.54, 1.807) is 43.3 Å². The van der Waals surface area contributed by atoms with E-state index in [0.29, 0.717) is 22.2 Å². The summed E-state index contributed by atoms with van der Waals surface area (Å²) in [4.78, 5) is 16.1. The summed E-state index contributed by atoms with van der Waals surface area (Å²) in [5.74, 6) is 0.147. The number of hydrogen-bond donors (Lipinski definition) is 3. The van der Waals surface area contributed by atoms with Crippen LogP contribution in [0.3, 0.4) is 0 Å². The average molecular weight is 369 g/mol. The quantitative estimate of drug-likeness (QED) is 0.727. The molecule has 0 aliphatic heterocycles. The molecule has 24 heavy (non-hydrogen) atoms. The van der Waals surface area contributed by atoms with E-state index in [2.05, 4.69) is 20.3 Å². The van der Waals surface area contributed by atoms with E-state index in [-0.39, 0.29) is 5.91 Å². The van der Waals surface area contributed by atoms with Crippen LogP contribution in [0.25, 0.3) is 0 Å². The van der Waals surface area contributed by atoms with Crippen LogP contribution in [0, 0.1) is 0 Å². The topological polar surface area (TPSA) is 100 Å². The Kier molecular flexibility index (Phi) is 5.63. The van der Waals surface area contributed by atoms with Gasteiger partial charge in [0.15, 0.2) is 0 Å². The molecule has 0 bridgehead atoms. The first-order valence-electron chi connectivity index (χ1n) is 7.00. The minimum absolute atomic E-state index is 0.261. The summed E-state index contributed by atoms with van der Waals surface area (Å²) in [6, 6.07) is 9.30. The van der Waals surface area contributed by atoms with Crippen LogP contribution in [0.2, 0.25) is 5.02 Å². The fourth-order valence-corrected chi connectivity index (χ4v) is 2.52. The van der Waals surface area contributed by atoms with Crippen LogP contribution >= 0.6 is 11.6 Å². The molecule has 0 saturated carbocycles. The van der Waals surface area contributed by atoms with Crippen LogP contribution in [0.15, 0.2) is 42.6 Å². The molecule has 0 unspecified atom stereocenters. The SMILES string of the molecule is C[C@@H](Nc1ccc(NS(C)(=O)=O)cc1)C(=O)Nc1ccc(Cl)cn1. The van der Waals surface area contributed by atoms with Crippen molar-refractivity contribution in [2.45, 2.75) is 13.0 Å². The molecule has 3 N–H and O–H groups in total. The molecule has 7 nitrogen and oxygen atoms in total. The molecule has 1 atom stereocenters. The van der Waals surface area contributed by atoms with Gasteiger partial charge in [0.25, 0.3) is 0 Å². The summed E-state index contributed by atoms with van der Waals surface area (Å²) >= 11 is 5.74. The number of sulfonamides is 1. The zero-order valence-electron chi connectivity index (χ0n) is 13.1. The molecule has 0 radical (unpaired) electrons. The highest BCUT2D eigenvalue weighted by atomic mass is 35.5. The minimum Gasteiger partial charge on any atom is -0.374 e. The number of benzene rings is 1. The van der Waals surface area contributed by atoms with Crippen molar-refractivity contribution in [3.05, 3.63) is 47.6 Å². The average Bonchev–Trinajstić information content (AvgIpc) is 2.50. The maximum Gasteiger partial charge on any atom is 0.247 e. The number of amides is 1. The molecule has 0 fully saturated rings. The Morgan fingerprint density at radius 1 is 1.12 bits per heavy atom. The molecule has 1 amide bonds. The van der Waals surface area contributed by atoms with Crippen molar-refractivity contribution < 1.29 is 13.2 Å². The highest BCUT2D eigenvalue weighted by molar-refractivity contribution is 7.92. The number of pyridine rings is 1. The zero-order valence-corrected chi connectivity index (χ0v) is 14.6. The number of hydrogen-bond acceptors (Lipinski definition) is 5. The molecule has 0 aliphatic rings. The fourth-order valence-electron chi connectivity index (χ4n) is 1.85. The monoisotopic (exact) mass is 368 g/mol. The summed E-state index contributed by atoms with van der Waals surface area (Å²) in [7, 11) is -3.32. The Labute approximate surface area is 145 Å². The molecule has 9 heteroatoms. The maximum absolute atomic E-state index is 12.1. The highest BCUT2D eigenvalue weighted by Gasteiger charge is 2.13. The van der Waals surface area contributed by atoms with E-state index in [9.17, 15) is 13.2 Å². The summed E-state index contributed by atoms with van der Waals surface area (Å²) in [5, 5.41) is 6.18. The summed E-state index contributed by atoms with van der Waals surface area (Å²) in [5.41, 5.74) is 1.13. The third-order valence-corrected chi connectivity index (χ3v) is 3.77. The molecule has 0 saturated heterocycles. The lowest BCUT2D eigenvalue weighted by molar-refractivity contribution is -0.116. The van der Waals surface area contributed by atoms with Gasteiger partial charge in [-0.1, -0.05) is 11.6 Å². The third-order valence-electron chi connectivity index (χ3n) is 2.94. The van der Waals surface area contributed by atoms with E-state index in [1.165, 1.54) is 6.20 Å². The van der Waals surface area contributed by atoms with Gasteiger partial charge in [0.2, 0.25) is 15.9 Å². The van der Waals surface area contributed by atoms with E-state index in [0.717, 1.165) is 6.26 Å². The molecular formula is C15H17ClN4O3S. The second kappa shape index (κ2) is 7.50. The lowest BCUT2D eigenvalue weighted by atomic mass is 10.2. The van der Waals surface area contributed by atoms with Crippen molar-refractivity contribution in [3.8, 4) is 0 Å². The van der Waals surface area contributed by atoms with Gasteiger partial charge in [-0.3, -0.25) is 9.52 Å². The van der Waals surface area contributed by atoms with Crippen LogP contribution in [-0.2, 0) is 14.8 Å². The Morgan fingerprint density at radius 2 is 1.75 bits per heavy atom. The third kappa shape index (κ3) is 5.71. The van der Waals surface area contributed by atoms with Crippen molar-refractivity contribution in [3.63, 3.8) is 0 Å². The van der Waals surface area contributed by atoms with Gasteiger partial charge in [-0.15, -0.1) is 0 Å². The van der Waals surface area contributed by atoms with E-state index < -0.39 is 16.1 Å². The Hall–Kier alpha value is -2.32. The first-order valence-corrected chi connectivity index (χ1v) is 9.27. The number of anilines is 3. The Balaban J connectivity index is 1.94. The normalized spacial score (nSPS) is 12.3. The maximum atomic E-state index is 12.1. The molecule has 1 aromatic heterocycles. The van der Waals surface area contributed by atoms with Gasteiger partial charge < -0.3 is 10.6 Å². The summed E-state index contributed by atoms with van der Waals surface area (Å²) in [6.07, 6.45) is 2.53.